The van der Waals surface area contributed by atoms with Crippen molar-refractivity contribution in [3.63, 3.8) is 0 Å². The zero-order valence-electron chi connectivity index (χ0n) is 52.8. The lowest BCUT2D eigenvalue weighted by atomic mass is 9.77. The molecule has 83 heavy (non-hydrogen) atoms. The molecule has 0 aromatic heterocycles. The Bertz CT molecular complexity index is 2450. The van der Waals surface area contributed by atoms with Crippen molar-refractivity contribution in [2.45, 2.75) is 238 Å². The SMILES string of the molecule is CC[C@H]1OC(=O)[C@H](C)[C@@H](O[C@H]2C[C@@](C)(OC)[C@@H](O)[C@H](C)O2)[C@H](C)[C@@H](O[C@@H]2O[C@H](C)C[C@H](N(C)C)[C@H]2O)[C@](C)(O)C[C@@H](C)CN(C(=O)CCCCCCC[P+](c2ccc(C)cc2)(c2ccc(C)cc2)c2ccc(OC)cc2)[C@H](C)[C@@H](O)[C@]1(C)O. The molecule has 17 heteroatoms. The van der Waals surface area contributed by atoms with Crippen LogP contribution in [0.2, 0.25) is 0 Å². The quantitative estimate of drug-likeness (QED) is 0.0442. The van der Waals surface area contributed by atoms with Gasteiger partial charge in [-0.05, 0) is 169 Å². The number of cyclic esters (lactones) is 1. The van der Waals surface area contributed by atoms with Gasteiger partial charge >= 0.3 is 5.97 Å². The normalized spacial score (nSPS) is 35.3. The van der Waals surface area contributed by atoms with E-state index in [2.05, 4.69) is 86.6 Å². The number of ether oxygens (including phenoxy) is 7. The molecule has 0 bridgehead atoms. The molecule has 3 saturated heterocycles. The maximum Gasteiger partial charge on any atom is 0.311 e. The zero-order chi connectivity index (χ0) is 61.4. The molecule has 3 fully saturated rings. The van der Waals surface area contributed by atoms with Crippen LogP contribution in [0.5, 0.6) is 5.75 Å². The van der Waals surface area contributed by atoms with Crippen LogP contribution >= 0.6 is 7.26 Å². The van der Waals surface area contributed by atoms with E-state index >= 15 is 0 Å². The van der Waals surface area contributed by atoms with Gasteiger partial charge < -0.3 is 68.5 Å². The number of carbonyl (C=O) groups excluding carboxylic acids is 2. The molecule has 0 aliphatic carbocycles. The first-order valence-electron chi connectivity index (χ1n) is 30.5. The Morgan fingerprint density at radius 1 is 0.759 bits per heavy atom. The van der Waals surface area contributed by atoms with Crippen LogP contribution in [0.25, 0.3) is 0 Å². The summed E-state index contributed by atoms with van der Waals surface area (Å²) < 4.78 is 44.0. The maximum atomic E-state index is 14.8. The van der Waals surface area contributed by atoms with Crippen molar-refractivity contribution in [1.29, 1.82) is 0 Å². The summed E-state index contributed by atoms with van der Waals surface area (Å²) in [6.07, 6.45) is -4.27. The average Bonchev–Trinajstić information content (AvgIpc) is 3.60. The van der Waals surface area contributed by atoms with E-state index < -0.39 is 109 Å². The van der Waals surface area contributed by atoms with Gasteiger partial charge in [0.2, 0.25) is 5.91 Å². The first-order valence-corrected chi connectivity index (χ1v) is 32.5. The molecule has 18 atom stereocenters. The van der Waals surface area contributed by atoms with Crippen molar-refractivity contribution in [3.05, 3.63) is 83.9 Å². The third-order valence-corrected chi connectivity index (χ3v) is 23.1. The molecule has 466 valence electrons. The van der Waals surface area contributed by atoms with Crippen molar-refractivity contribution >= 4 is 35.1 Å². The van der Waals surface area contributed by atoms with Crippen LogP contribution in [-0.2, 0) is 38.0 Å². The minimum Gasteiger partial charge on any atom is -0.497 e. The smallest absolute Gasteiger partial charge is 0.311 e. The van der Waals surface area contributed by atoms with Crippen LogP contribution in [0.4, 0.5) is 0 Å². The van der Waals surface area contributed by atoms with Crippen LogP contribution in [-0.4, -0.2) is 179 Å². The zero-order valence-corrected chi connectivity index (χ0v) is 53.7. The summed E-state index contributed by atoms with van der Waals surface area (Å²) in [6.45, 7) is 21.6. The highest BCUT2D eigenvalue weighted by molar-refractivity contribution is 7.95. The number of aliphatic hydroxyl groups excluding tert-OH is 3. The van der Waals surface area contributed by atoms with E-state index in [1.165, 1.54) is 41.1 Å². The molecule has 3 aromatic rings. The Kier molecular flexibility index (Phi) is 24.3. The van der Waals surface area contributed by atoms with Crippen molar-refractivity contribution in [3.8, 4) is 5.75 Å². The van der Waals surface area contributed by atoms with E-state index in [-0.39, 0.29) is 50.3 Å². The second kappa shape index (κ2) is 29.4. The summed E-state index contributed by atoms with van der Waals surface area (Å²) in [5.41, 5.74) is -2.42. The van der Waals surface area contributed by atoms with Crippen LogP contribution in [0.15, 0.2) is 72.8 Å². The number of nitrogens with zero attached hydrogens (tertiary/aromatic N) is 2. The number of methoxy groups -OCH3 is 2. The van der Waals surface area contributed by atoms with Gasteiger partial charge in [-0.15, -0.1) is 0 Å². The van der Waals surface area contributed by atoms with Gasteiger partial charge in [0, 0.05) is 38.5 Å². The fourth-order valence-corrected chi connectivity index (χ4v) is 17.7. The molecule has 0 saturated carbocycles. The van der Waals surface area contributed by atoms with Gasteiger partial charge in [-0.1, -0.05) is 69.0 Å². The number of hydrogen-bond donors (Lipinski definition) is 5. The fourth-order valence-electron chi connectivity index (χ4n) is 13.4. The lowest BCUT2D eigenvalue weighted by Crippen LogP contribution is -2.60. The number of carbonyl (C=O) groups is 2. The van der Waals surface area contributed by atoms with Gasteiger partial charge in [0.1, 0.15) is 58.9 Å². The number of hydrogen-bond acceptors (Lipinski definition) is 15. The van der Waals surface area contributed by atoms with Gasteiger partial charge in [-0.25, -0.2) is 0 Å². The number of aryl methyl sites for hydroxylation is 2. The molecular weight excluding hydrogens is 1080 g/mol. The average molecular weight is 1180 g/mol. The summed E-state index contributed by atoms with van der Waals surface area (Å²) in [4.78, 5) is 33.1. The third-order valence-electron chi connectivity index (χ3n) is 18.6. The minimum absolute atomic E-state index is 0.0559. The Morgan fingerprint density at radius 3 is 1.86 bits per heavy atom. The molecule has 0 unspecified atom stereocenters. The monoisotopic (exact) mass is 1180 g/mol. The van der Waals surface area contributed by atoms with Gasteiger partial charge in [0.25, 0.3) is 0 Å². The van der Waals surface area contributed by atoms with E-state index in [9.17, 15) is 35.1 Å². The Balaban J connectivity index is 1.27. The Labute approximate surface area is 497 Å². The number of amides is 1. The van der Waals surface area contributed by atoms with Crippen molar-refractivity contribution in [2.24, 2.45) is 17.8 Å². The molecule has 16 nitrogen and oxygen atoms in total. The van der Waals surface area contributed by atoms with E-state index in [0.717, 1.165) is 37.6 Å². The number of likely N-dealkylation sites (N-methyl/N-ethyl adjacent to an activating group) is 1. The third kappa shape index (κ3) is 16.1. The second-order valence-electron chi connectivity index (χ2n) is 25.7. The number of esters is 1. The van der Waals surface area contributed by atoms with Crippen LogP contribution in [0, 0.1) is 31.6 Å². The Hall–Kier alpha value is -3.61. The predicted molar refractivity (Wildman–Crippen MR) is 327 cm³/mol. The summed E-state index contributed by atoms with van der Waals surface area (Å²) >= 11 is 0. The molecule has 6 rings (SSSR count). The molecular formula is C66H104N2O14P+. The summed E-state index contributed by atoms with van der Waals surface area (Å²) in [5.74, 6) is -2.54. The topological polar surface area (TPSA) is 206 Å². The number of aliphatic hydroxyl groups is 5. The minimum atomic E-state index is -2.10. The predicted octanol–water partition coefficient (Wildman–Crippen LogP) is 7.76. The summed E-state index contributed by atoms with van der Waals surface area (Å²) in [7, 11) is 4.85. The van der Waals surface area contributed by atoms with E-state index in [4.69, 9.17) is 33.2 Å². The first-order chi connectivity index (χ1) is 39.0. The lowest BCUT2D eigenvalue weighted by Gasteiger charge is -2.48. The molecule has 3 aliphatic heterocycles. The van der Waals surface area contributed by atoms with Crippen molar-refractivity contribution in [2.75, 3.05) is 41.0 Å². The molecule has 0 spiro atoms. The first kappa shape index (κ1) is 68.5. The maximum absolute atomic E-state index is 14.8. The molecule has 0 radical (unpaired) electrons. The van der Waals surface area contributed by atoms with Gasteiger partial charge in [0.05, 0.1) is 60.8 Å². The molecule has 5 N–H and O–H groups in total. The van der Waals surface area contributed by atoms with Crippen molar-refractivity contribution < 1.29 is 68.3 Å². The van der Waals surface area contributed by atoms with Crippen LogP contribution in [0.3, 0.4) is 0 Å². The second-order valence-corrected chi connectivity index (χ2v) is 29.3. The number of rotatable bonds is 19. The highest BCUT2D eigenvalue weighted by Crippen LogP contribution is 2.56. The summed E-state index contributed by atoms with van der Waals surface area (Å²) in [6, 6.07) is 25.3. The van der Waals surface area contributed by atoms with E-state index in [0.29, 0.717) is 12.8 Å². The largest absolute Gasteiger partial charge is 0.497 e. The lowest BCUT2D eigenvalue weighted by molar-refractivity contribution is -0.318. The van der Waals surface area contributed by atoms with Crippen LogP contribution in [0.1, 0.15) is 145 Å². The van der Waals surface area contributed by atoms with Crippen molar-refractivity contribution in [1.82, 2.24) is 9.80 Å². The van der Waals surface area contributed by atoms with E-state index in [1.54, 1.807) is 60.5 Å². The standard InChI is InChI=1S/C66H104N2O14P/c1-17-54-66(12,75)59(71)47(8)68(55(69)23-21-19-18-20-22-36-83(50-30-24-41(2)25-31-50,51-32-26-42(3)27-33-51)52-34-28-49(76-15)29-35-52)40-43(4)38-64(10,74)61(82-63-57(70)53(67(13)14)37-44(5)78-63)45(6)58(46(7)62(73)80-54)81-56-39-65(11,77-16)60(72)48(9)79-56/h24-35,43-48,53-54,56-61,63,70-72,74-75H,17-23,36-40H2,1-16H3/q+1/t43-,44-,45+,46-,47-,48+,53+,54-,56+,57-,58+,59-,60+,61-,63+,64-,65-,66-/m1/s1. The number of benzene rings is 3. The fraction of sp³-hybridized carbons (Fsp3) is 0.697. The Morgan fingerprint density at radius 2 is 1.31 bits per heavy atom. The molecule has 3 heterocycles. The highest BCUT2D eigenvalue weighted by atomic mass is 31.2. The van der Waals surface area contributed by atoms with Crippen LogP contribution < -0.4 is 20.7 Å². The summed E-state index contributed by atoms with van der Waals surface area (Å²) in [5, 5.41) is 64.8. The van der Waals surface area contributed by atoms with E-state index in [1.807, 2.05) is 32.8 Å². The number of unbranched alkanes of at least 4 members (excludes halogenated alkanes) is 4. The molecule has 1 amide bonds. The molecule has 3 aromatic carbocycles. The van der Waals surface area contributed by atoms with Gasteiger partial charge in [-0.2, -0.15) is 0 Å². The molecule has 3 aliphatic rings. The van der Waals surface area contributed by atoms with Gasteiger partial charge in [0.15, 0.2) is 12.6 Å². The van der Waals surface area contributed by atoms with Gasteiger partial charge in [-0.3, -0.25) is 9.59 Å². The highest BCUT2D eigenvalue weighted by Gasteiger charge is 2.53.